The second kappa shape index (κ2) is 2.75. The maximum Gasteiger partial charge on any atom is 0.0681 e. The maximum atomic E-state index is 10.6. The molecule has 0 aromatic rings. The van der Waals surface area contributed by atoms with Crippen molar-refractivity contribution in [2.24, 2.45) is 29.6 Å². The first kappa shape index (κ1) is 9.21. The molecule has 3 atom stereocenters. The molecular formula is C13H22O. The molecule has 0 aliphatic heterocycles. The standard InChI is InChI=1S/C13H22O/c1-3-12-10-4-9-5-11(12)7-13(14,6-10)8(9)2/h8-12,14H,3-7H2,1-2H3. The second-order valence-corrected chi connectivity index (χ2v) is 6.12. The Hall–Kier alpha value is -0.0400. The van der Waals surface area contributed by atoms with Gasteiger partial charge in [0.15, 0.2) is 0 Å². The van der Waals surface area contributed by atoms with Gasteiger partial charge in [-0.25, -0.2) is 0 Å². The third-order valence-electron chi connectivity index (χ3n) is 5.68. The molecule has 1 nitrogen and oxygen atoms in total. The zero-order valence-electron chi connectivity index (χ0n) is 9.37. The molecule has 3 unspecified atom stereocenters. The van der Waals surface area contributed by atoms with Crippen LogP contribution in [0.3, 0.4) is 0 Å². The summed E-state index contributed by atoms with van der Waals surface area (Å²) in [5.41, 5.74) is -0.262. The summed E-state index contributed by atoms with van der Waals surface area (Å²) in [6, 6.07) is 0. The molecule has 0 aromatic heterocycles. The van der Waals surface area contributed by atoms with Gasteiger partial charge in [-0.1, -0.05) is 20.3 Å². The quantitative estimate of drug-likeness (QED) is 0.680. The Morgan fingerprint density at radius 2 is 1.71 bits per heavy atom. The number of hydrogen-bond acceptors (Lipinski definition) is 1. The van der Waals surface area contributed by atoms with Gasteiger partial charge < -0.3 is 5.11 Å². The van der Waals surface area contributed by atoms with E-state index in [1.807, 2.05) is 0 Å². The van der Waals surface area contributed by atoms with E-state index in [1.165, 1.54) is 19.3 Å². The molecule has 4 aliphatic rings. The van der Waals surface area contributed by atoms with E-state index in [1.54, 1.807) is 0 Å². The third kappa shape index (κ3) is 0.997. The Kier molecular flexibility index (Phi) is 1.81. The first-order chi connectivity index (χ1) is 6.64. The van der Waals surface area contributed by atoms with E-state index in [0.717, 1.165) is 36.5 Å². The van der Waals surface area contributed by atoms with Crippen molar-refractivity contribution >= 4 is 0 Å². The van der Waals surface area contributed by atoms with Crippen molar-refractivity contribution in [3.8, 4) is 0 Å². The minimum atomic E-state index is -0.262. The Morgan fingerprint density at radius 3 is 2.14 bits per heavy atom. The monoisotopic (exact) mass is 194 g/mol. The van der Waals surface area contributed by atoms with Crippen LogP contribution < -0.4 is 0 Å². The zero-order valence-corrected chi connectivity index (χ0v) is 9.37. The summed E-state index contributed by atoms with van der Waals surface area (Å²) < 4.78 is 0. The van der Waals surface area contributed by atoms with Gasteiger partial charge in [0.2, 0.25) is 0 Å². The zero-order chi connectivity index (χ0) is 9.92. The van der Waals surface area contributed by atoms with Crippen LogP contribution >= 0.6 is 0 Å². The van der Waals surface area contributed by atoms with E-state index in [0.29, 0.717) is 5.92 Å². The van der Waals surface area contributed by atoms with Crippen LogP contribution in [0.15, 0.2) is 0 Å². The van der Waals surface area contributed by atoms with Gasteiger partial charge in [-0.15, -0.1) is 0 Å². The molecule has 1 N–H and O–H groups in total. The van der Waals surface area contributed by atoms with Gasteiger partial charge in [0.25, 0.3) is 0 Å². The van der Waals surface area contributed by atoms with Crippen molar-refractivity contribution in [2.75, 3.05) is 0 Å². The van der Waals surface area contributed by atoms with E-state index >= 15 is 0 Å². The summed E-state index contributed by atoms with van der Waals surface area (Å²) in [6.45, 7) is 4.61. The van der Waals surface area contributed by atoms with Crippen LogP contribution in [-0.4, -0.2) is 10.7 Å². The van der Waals surface area contributed by atoms with Crippen LogP contribution in [0.1, 0.15) is 46.0 Å². The van der Waals surface area contributed by atoms with Crippen LogP contribution in [0.4, 0.5) is 0 Å². The summed E-state index contributed by atoms with van der Waals surface area (Å²) in [4.78, 5) is 0. The summed E-state index contributed by atoms with van der Waals surface area (Å²) in [7, 11) is 0. The second-order valence-electron chi connectivity index (χ2n) is 6.12. The SMILES string of the molecule is CCC1C2CC3CC1CC(O)(C2)C3C. The van der Waals surface area contributed by atoms with Crippen LogP contribution in [0.2, 0.25) is 0 Å². The lowest BCUT2D eigenvalue weighted by atomic mass is 9.46. The number of rotatable bonds is 1. The van der Waals surface area contributed by atoms with Crippen molar-refractivity contribution in [1.82, 2.24) is 0 Å². The van der Waals surface area contributed by atoms with Gasteiger partial charge in [0.1, 0.15) is 0 Å². The lowest BCUT2D eigenvalue weighted by molar-refractivity contribution is -0.188. The third-order valence-corrected chi connectivity index (χ3v) is 5.68. The van der Waals surface area contributed by atoms with Gasteiger partial charge in [0.05, 0.1) is 5.60 Å². The molecule has 4 rings (SSSR count). The molecule has 4 bridgehead atoms. The lowest BCUT2D eigenvalue weighted by Crippen LogP contribution is -2.59. The molecule has 4 fully saturated rings. The molecule has 0 amide bonds. The van der Waals surface area contributed by atoms with Gasteiger partial charge in [-0.05, 0) is 55.3 Å². The van der Waals surface area contributed by atoms with Crippen LogP contribution in [-0.2, 0) is 0 Å². The fourth-order valence-electron chi connectivity index (χ4n) is 4.95. The molecular weight excluding hydrogens is 172 g/mol. The minimum Gasteiger partial charge on any atom is -0.390 e. The van der Waals surface area contributed by atoms with E-state index in [2.05, 4.69) is 13.8 Å². The number of aliphatic hydroxyl groups is 1. The average molecular weight is 194 g/mol. The van der Waals surface area contributed by atoms with Crippen molar-refractivity contribution < 1.29 is 5.11 Å². The maximum absolute atomic E-state index is 10.6. The Morgan fingerprint density at radius 1 is 1.14 bits per heavy atom. The van der Waals surface area contributed by atoms with E-state index in [4.69, 9.17) is 0 Å². The highest BCUT2D eigenvalue weighted by atomic mass is 16.3. The molecule has 14 heavy (non-hydrogen) atoms. The van der Waals surface area contributed by atoms with Crippen molar-refractivity contribution in [1.29, 1.82) is 0 Å². The summed E-state index contributed by atoms with van der Waals surface area (Å²) in [5.74, 6) is 4.09. The van der Waals surface area contributed by atoms with Gasteiger partial charge in [-0.2, -0.15) is 0 Å². The molecule has 80 valence electrons. The summed E-state index contributed by atoms with van der Waals surface area (Å²) >= 11 is 0. The fraction of sp³-hybridized carbons (Fsp3) is 1.00. The normalized spacial score (nSPS) is 60.6. The molecule has 4 saturated carbocycles. The van der Waals surface area contributed by atoms with Crippen LogP contribution in [0, 0.1) is 29.6 Å². The first-order valence-corrected chi connectivity index (χ1v) is 6.36. The van der Waals surface area contributed by atoms with Crippen molar-refractivity contribution in [3.05, 3.63) is 0 Å². The minimum absolute atomic E-state index is 0.262. The molecule has 0 aromatic carbocycles. The lowest BCUT2D eigenvalue weighted by Gasteiger charge is -2.61. The predicted molar refractivity (Wildman–Crippen MR) is 56.8 cm³/mol. The molecule has 1 heteroatoms. The summed E-state index contributed by atoms with van der Waals surface area (Å²) in [6.07, 6.45) is 6.39. The van der Waals surface area contributed by atoms with Gasteiger partial charge in [0, 0.05) is 0 Å². The molecule has 0 radical (unpaired) electrons. The largest absolute Gasteiger partial charge is 0.390 e. The Balaban J connectivity index is 1.92. The molecule has 0 saturated heterocycles. The average Bonchev–Trinajstić information content (AvgIpc) is 2.12. The highest BCUT2D eigenvalue weighted by Gasteiger charge is 2.57. The van der Waals surface area contributed by atoms with Crippen LogP contribution in [0.5, 0.6) is 0 Å². The first-order valence-electron chi connectivity index (χ1n) is 6.36. The van der Waals surface area contributed by atoms with Crippen molar-refractivity contribution in [2.45, 2.75) is 51.6 Å². The highest BCUT2D eigenvalue weighted by Crippen LogP contribution is 2.61. The van der Waals surface area contributed by atoms with E-state index in [9.17, 15) is 5.11 Å². The van der Waals surface area contributed by atoms with E-state index < -0.39 is 0 Å². The molecule has 0 heterocycles. The smallest absolute Gasteiger partial charge is 0.0681 e. The summed E-state index contributed by atoms with van der Waals surface area (Å²) in [5, 5.41) is 10.6. The Labute approximate surface area is 86.9 Å². The molecule has 0 spiro atoms. The molecule has 4 aliphatic carbocycles. The topological polar surface area (TPSA) is 20.2 Å². The van der Waals surface area contributed by atoms with Crippen LogP contribution in [0.25, 0.3) is 0 Å². The highest BCUT2D eigenvalue weighted by molar-refractivity contribution is 5.08. The predicted octanol–water partition coefficient (Wildman–Crippen LogP) is 2.83. The van der Waals surface area contributed by atoms with Gasteiger partial charge in [-0.3, -0.25) is 0 Å². The number of hydrogen-bond donors (Lipinski definition) is 1. The van der Waals surface area contributed by atoms with Gasteiger partial charge >= 0.3 is 0 Å². The fourth-order valence-corrected chi connectivity index (χ4v) is 4.95. The van der Waals surface area contributed by atoms with Crippen molar-refractivity contribution in [3.63, 3.8) is 0 Å². The van der Waals surface area contributed by atoms with E-state index in [-0.39, 0.29) is 5.60 Å². The Bertz CT molecular complexity index is 232.